The molecule has 60 valence electrons. The van der Waals surface area contributed by atoms with Crippen LogP contribution in [-0.4, -0.2) is 0 Å². The molecule has 1 rings (SSSR count). The molecule has 0 saturated heterocycles. The van der Waals surface area contributed by atoms with Crippen molar-refractivity contribution in [3.63, 3.8) is 0 Å². The van der Waals surface area contributed by atoms with Crippen molar-refractivity contribution in [2.45, 2.75) is 5.33 Å². The van der Waals surface area contributed by atoms with Gasteiger partial charge in [0.15, 0.2) is 0 Å². The maximum atomic E-state index is 8.34. The second-order valence-electron chi connectivity index (χ2n) is 2.29. The Morgan fingerprint density at radius 2 is 2.17 bits per heavy atom. The normalized spacial score (nSPS) is 10.0. The molecule has 0 aliphatic heterocycles. The van der Waals surface area contributed by atoms with Crippen LogP contribution in [0.1, 0.15) is 11.1 Å². The van der Waals surface area contributed by atoms with Crippen molar-refractivity contribution >= 4 is 22.0 Å². The van der Waals surface area contributed by atoms with Crippen LogP contribution in [0, 0.1) is 11.3 Å². The maximum Gasteiger partial charge on any atom is 0.0912 e. The third kappa shape index (κ3) is 2.21. The van der Waals surface area contributed by atoms with Crippen LogP contribution in [0.25, 0.3) is 6.08 Å². The van der Waals surface area contributed by atoms with Crippen molar-refractivity contribution in [1.29, 1.82) is 5.26 Å². The van der Waals surface area contributed by atoms with Crippen molar-refractivity contribution in [1.82, 2.24) is 0 Å². The summed E-state index contributed by atoms with van der Waals surface area (Å²) >= 11 is 3.38. The molecule has 12 heavy (non-hydrogen) atoms. The van der Waals surface area contributed by atoms with Crippen LogP contribution in [0.4, 0.5) is 0 Å². The van der Waals surface area contributed by atoms with Gasteiger partial charge in [0.1, 0.15) is 0 Å². The predicted octanol–water partition coefficient (Wildman–Crippen LogP) is 3.12. The summed E-state index contributed by atoms with van der Waals surface area (Å²) in [6, 6.07) is 9.94. The Morgan fingerprint density at radius 1 is 1.42 bits per heavy atom. The van der Waals surface area contributed by atoms with Crippen LogP contribution in [0.5, 0.6) is 0 Å². The average Bonchev–Trinajstić information content (AvgIpc) is 2.15. The van der Waals surface area contributed by atoms with E-state index >= 15 is 0 Å². The summed E-state index contributed by atoms with van der Waals surface area (Å²) in [5.74, 6) is 0. The van der Waals surface area contributed by atoms with Crippen molar-refractivity contribution < 1.29 is 0 Å². The molecule has 0 fully saturated rings. The molecule has 0 aliphatic rings. The number of alkyl halides is 1. The van der Waals surface area contributed by atoms with Gasteiger partial charge in [0.05, 0.1) is 6.07 Å². The Labute approximate surface area is 80.5 Å². The Bertz CT molecular complexity index is 323. The van der Waals surface area contributed by atoms with E-state index in [4.69, 9.17) is 5.26 Å². The zero-order chi connectivity index (χ0) is 8.81. The van der Waals surface area contributed by atoms with E-state index in [2.05, 4.69) is 15.9 Å². The monoisotopic (exact) mass is 221 g/mol. The molecule has 1 aromatic rings. The maximum absolute atomic E-state index is 8.34. The van der Waals surface area contributed by atoms with Gasteiger partial charge in [0.2, 0.25) is 0 Å². The summed E-state index contributed by atoms with van der Waals surface area (Å²) in [4.78, 5) is 0. The molecule has 0 unspecified atom stereocenters. The minimum Gasteiger partial charge on any atom is -0.193 e. The Kier molecular flexibility index (Phi) is 3.56. The predicted molar refractivity (Wildman–Crippen MR) is 53.7 cm³/mol. The molecule has 1 nitrogen and oxygen atoms in total. The third-order valence-corrected chi connectivity index (χ3v) is 2.14. The van der Waals surface area contributed by atoms with Crippen molar-refractivity contribution in [2.75, 3.05) is 0 Å². The van der Waals surface area contributed by atoms with Gasteiger partial charge < -0.3 is 0 Å². The summed E-state index contributed by atoms with van der Waals surface area (Å²) < 4.78 is 0. The Hall–Kier alpha value is -1.07. The first-order valence-corrected chi connectivity index (χ1v) is 4.70. The zero-order valence-electron chi connectivity index (χ0n) is 6.50. The molecule has 0 aromatic heterocycles. The minimum atomic E-state index is 0.818. The molecule has 0 atom stereocenters. The van der Waals surface area contributed by atoms with Crippen molar-refractivity contribution in [3.05, 3.63) is 41.5 Å². The molecule has 0 spiro atoms. The van der Waals surface area contributed by atoms with Gasteiger partial charge in [-0.05, 0) is 17.2 Å². The number of hydrogen-bond acceptors (Lipinski definition) is 1. The summed E-state index contributed by atoms with van der Waals surface area (Å²) in [7, 11) is 0. The lowest BCUT2D eigenvalue weighted by Gasteiger charge is -1.99. The van der Waals surface area contributed by atoms with E-state index in [9.17, 15) is 0 Å². The highest BCUT2D eigenvalue weighted by atomic mass is 79.9. The number of allylic oxidation sites excluding steroid dienone is 1. The van der Waals surface area contributed by atoms with Gasteiger partial charge in [0, 0.05) is 11.4 Å². The Morgan fingerprint density at radius 3 is 2.83 bits per heavy atom. The summed E-state index contributed by atoms with van der Waals surface area (Å²) in [6.45, 7) is 0. The van der Waals surface area contributed by atoms with Gasteiger partial charge in [-0.15, -0.1) is 0 Å². The fourth-order valence-corrected chi connectivity index (χ4v) is 1.46. The second-order valence-corrected chi connectivity index (χ2v) is 2.86. The van der Waals surface area contributed by atoms with E-state index in [1.54, 1.807) is 0 Å². The first kappa shape index (κ1) is 9.02. The van der Waals surface area contributed by atoms with Crippen LogP contribution in [0.2, 0.25) is 0 Å². The van der Waals surface area contributed by atoms with Crippen LogP contribution < -0.4 is 0 Å². The van der Waals surface area contributed by atoms with E-state index in [0.29, 0.717) is 0 Å². The standard InChI is InChI=1S/C10H8BrN/c11-8-10-5-2-1-4-9(10)6-3-7-12/h1-6H,8H2/b6-3+. The minimum absolute atomic E-state index is 0.818. The highest BCUT2D eigenvalue weighted by Gasteiger charge is 1.94. The summed E-state index contributed by atoms with van der Waals surface area (Å²) in [5.41, 5.74) is 2.29. The molecule has 0 amide bonds. The highest BCUT2D eigenvalue weighted by Crippen LogP contribution is 2.13. The first-order chi connectivity index (χ1) is 5.88. The molecular weight excluding hydrogens is 214 g/mol. The van der Waals surface area contributed by atoms with Crippen LogP contribution in [-0.2, 0) is 5.33 Å². The van der Waals surface area contributed by atoms with E-state index in [0.717, 1.165) is 10.9 Å². The molecular formula is C10H8BrN. The number of benzene rings is 1. The lowest BCUT2D eigenvalue weighted by molar-refractivity contribution is 1.41. The van der Waals surface area contributed by atoms with Gasteiger partial charge in [0.25, 0.3) is 0 Å². The van der Waals surface area contributed by atoms with E-state index in [1.165, 1.54) is 11.6 Å². The smallest absolute Gasteiger partial charge is 0.0912 e. The lowest BCUT2D eigenvalue weighted by atomic mass is 10.1. The molecule has 0 radical (unpaired) electrons. The summed E-state index contributed by atoms with van der Waals surface area (Å²) in [6.07, 6.45) is 3.30. The van der Waals surface area contributed by atoms with Crippen LogP contribution in [0.15, 0.2) is 30.3 Å². The molecule has 1 aromatic carbocycles. The average molecular weight is 222 g/mol. The number of nitriles is 1. The van der Waals surface area contributed by atoms with Gasteiger partial charge >= 0.3 is 0 Å². The number of nitrogens with zero attached hydrogens (tertiary/aromatic N) is 1. The van der Waals surface area contributed by atoms with Crippen LogP contribution >= 0.6 is 15.9 Å². The van der Waals surface area contributed by atoms with Gasteiger partial charge in [-0.2, -0.15) is 5.26 Å². The second kappa shape index (κ2) is 4.74. The molecule has 0 heterocycles. The van der Waals surface area contributed by atoms with Crippen LogP contribution in [0.3, 0.4) is 0 Å². The molecule has 0 N–H and O–H groups in total. The third-order valence-electron chi connectivity index (χ3n) is 1.54. The Balaban J connectivity index is 2.99. The lowest BCUT2D eigenvalue weighted by Crippen LogP contribution is -1.81. The summed E-state index contributed by atoms with van der Waals surface area (Å²) in [5, 5.41) is 9.16. The van der Waals surface area contributed by atoms with Crippen molar-refractivity contribution in [2.24, 2.45) is 0 Å². The fourth-order valence-electron chi connectivity index (χ4n) is 0.946. The fraction of sp³-hybridized carbons (Fsp3) is 0.100. The van der Waals surface area contributed by atoms with E-state index < -0.39 is 0 Å². The SMILES string of the molecule is N#C/C=C/c1ccccc1CBr. The highest BCUT2D eigenvalue weighted by molar-refractivity contribution is 9.08. The topological polar surface area (TPSA) is 23.8 Å². The van der Waals surface area contributed by atoms with Gasteiger partial charge in [-0.1, -0.05) is 40.2 Å². The number of hydrogen-bond donors (Lipinski definition) is 0. The largest absolute Gasteiger partial charge is 0.193 e. The molecule has 0 aliphatic carbocycles. The molecule has 2 heteroatoms. The van der Waals surface area contributed by atoms with E-state index in [1.807, 2.05) is 36.4 Å². The molecule has 0 bridgehead atoms. The number of halogens is 1. The zero-order valence-corrected chi connectivity index (χ0v) is 8.08. The van der Waals surface area contributed by atoms with Gasteiger partial charge in [-0.3, -0.25) is 0 Å². The van der Waals surface area contributed by atoms with E-state index in [-0.39, 0.29) is 0 Å². The quantitative estimate of drug-likeness (QED) is 0.557. The van der Waals surface area contributed by atoms with Crippen molar-refractivity contribution in [3.8, 4) is 6.07 Å². The first-order valence-electron chi connectivity index (χ1n) is 3.58. The van der Waals surface area contributed by atoms with Gasteiger partial charge in [-0.25, -0.2) is 0 Å². The molecule has 0 saturated carbocycles. The number of rotatable bonds is 2.